The van der Waals surface area contributed by atoms with Crippen molar-refractivity contribution in [1.82, 2.24) is 9.97 Å². The lowest BCUT2D eigenvalue weighted by Gasteiger charge is -2.11. The van der Waals surface area contributed by atoms with Crippen molar-refractivity contribution in [2.75, 3.05) is 0 Å². The maximum absolute atomic E-state index is 11.6. The highest BCUT2D eigenvalue weighted by atomic mass is 16.3. The normalized spacial score (nSPS) is 11.6. The lowest BCUT2D eigenvalue weighted by Crippen LogP contribution is -2.24. The Hall–Kier alpha value is -2.90. The van der Waals surface area contributed by atoms with Crippen molar-refractivity contribution in [2.24, 2.45) is 5.73 Å². The fourth-order valence-electron chi connectivity index (χ4n) is 2.01. The van der Waals surface area contributed by atoms with Gasteiger partial charge in [0.05, 0.1) is 16.8 Å². The molecule has 0 spiro atoms. The van der Waals surface area contributed by atoms with Gasteiger partial charge in [0.25, 0.3) is 5.91 Å². The second-order valence-corrected chi connectivity index (χ2v) is 4.67. The summed E-state index contributed by atoms with van der Waals surface area (Å²) in [5, 5.41) is 17.5. The van der Waals surface area contributed by atoms with Crippen molar-refractivity contribution < 1.29 is 19.5 Å². The van der Waals surface area contributed by atoms with Gasteiger partial charge in [0, 0.05) is 0 Å². The zero-order valence-electron chi connectivity index (χ0n) is 12.6. The molecule has 1 heterocycles. The zero-order valence-corrected chi connectivity index (χ0v) is 12.6. The molecule has 0 unspecified atom stereocenters. The van der Waals surface area contributed by atoms with Crippen LogP contribution in [0.25, 0.3) is 0 Å². The average molecular weight is 304 g/mol. The monoisotopic (exact) mass is 304 g/mol. The molecule has 1 aromatic rings. The van der Waals surface area contributed by atoms with E-state index in [0.717, 1.165) is 0 Å². The lowest BCUT2D eigenvalue weighted by atomic mass is 10.0. The summed E-state index contributed by atoms with van der Waals surface area (Å²) in [6.45, 7) is 5.12. The number of carbonyl (C=O) groups is 3. The SMILES string of the molecule is CC(=O)/C(C(=N)c1nc(C)c(C(C)=O)c(C(N)=O)n1)=C(\C)O. The molecule has 1 aromatic heterocycles. The highest BCUT2D eigenvalue weighted by Crippen LogP contribution is 2.15. The molecule has 8 heteroatoms. The number of hydrogen-bond donors (Lipinski definition) is 3. The number of hydrogen-bond acceptors (Lipinski definition) is 7. The summed E-state index contributed by atoms with van der Waals surface area (Å²) in [7, 11) is 0. The molecule has 116 valence electrons. The predicted molar refractivity (Wildman–Crippen MR) is 78.1 cm³/mol. The number of aliphatic hydroxyl groups is 1. The number of ketones is 2. The summed E-state index contributed by atoms with van der Waals surface area (Å²) in [4.78, 5) is 42.3. The number of carbonyl (C=O) groups excluding carboxylic acids is 3. The molecule has 4 N–H and O–H groups in total. The number of primary amides is 1. The summed E-state index contributed by atoms with van der Waals surface area (Å²) in [5.74, 6) is -2.57. The van der Waals surface area contributed by atoms with Crippen molar-refractivity contribution in [3.63, 3.8) is 0 Å². The first kappa shape index (κ1) is 17.2. The van der Waals surface area contributed by atoms with Crippen LogP contribution in [0.5, 0.6) is 0 Å². The van der Waals surface area contributed by atoms with Gasteiger partial charge in [-0.1, -0.05) is 0 Å². The van der Waals surface area contributed by atoms with E-state index < -0.39 is 23.2 Å². The lowest BCUT2D eigenvalue weighted by molar-refractivity contribution is -0.113. The molecular formula is C14H16N4O4. The molecule has 0 saturated carbocycles. The smallest absolute Gasteiger partial charge is 0.268 e. The van der Waals surface area contributed by atoms with Gasteiger partial charge in [-0.3, -0.25) is 19.8 Å². The average Bonchev–Trinajstić information content (AvgIpc) is 2.35. The van der Waals surface area contributed by atoms with E-state index in [-0.39, 0.29) is 34.1 Å². The number of aliphatic hydroxyl groups excluding tert-OH is 1. The first-order chi connectivity index (χ1) is 10.1. The molecule has 0 fully saturated rings. The van der Waals surface area contributed by atoms with Crippen LogP contribution in [0.4, 0.5) is 0 Å². The van der Waals surface area contributed by atoms with Crippen LogP contribution in [0.15, 0.2) is 11.3 Å². The number of amides is 1. The molecule has 8 nitrogen and oxygen atoms in total. The van der Waals surface area contributed by atoms with E-state index >= 15 is 0 Å². The Morgan fingerprint density at radius 2 is 1.68 bits per heavy atom. The molecule has 0 saturated heterocycles. The van der Waals surface area contributed by atoms with Crippen molar-refractivity contribution in [3.05, 3.63) is 34.1 Å². The fourth-order valence-corrected chi connectivity index (χ4v) is 2.01. The van der Waals surface area contributed by atoms with E-state index in [1.165, 1.54) is 27.7 Å². The van der Waals surface area contributed by atoms with Crippen LogP contribution >= 0.6 is 0 Å². The minimum Gasteiger partial charge on any atom is -0.512 e. The molecule has 0 atom stereocenters. The van der Waals surface area contributed by atoms with Gasteiger partial charge in [-0.25, -0.2) is 9.97 Å². The number of nitrogens with zero attached hydrogens (tertiary/aromatic N) is 2. The van der Waals surface area contributed by atoms with E-state index in [2.05, 4.69) is 9.97 Å². The Balaban J connectivity index is 3.62. The third-order valence-electron chi connectivity index (χ3n) is 2.86. The third-order valence-corrected chi connectivity index (χ3v) is 2.86. The Morgan fingerprint density at radius 1 is 1.14 bits per heavy atom. The predicted octanol–water partition coefficient (Wildman–Crippen LogP) is 0.875. The van der Waals surface area contributed by atoms with Crippen LogP contribution in [-0.2, 0) is 4.79 Å². The summed E-state index contributed by atoms with van der Waals surface area (Å²) in [6, 6.07) is 0. The van der Waals surface area contributed by atoms with Gasteiger partial charge >= 0.3 is 0 Å². The number of allylic oxidation sites excluding steroid dienone is 2. The van der Waals surface area contributed by atoms with Crippen molar-refractivity contribution in [1.29, 1.82) is 5.41 Å². The Morgan fingerprint density at radius 3 is 2.05 bits per heavy atom. The number of aromatic nitrogens is 2. The van der Waals surface area contributed by atoms with E-state index in [1.54, 1.807) is 0 Å². The summed E-state index contributed by atoms with van der Waals surface area (Å²) in [6.07, 6.45) is 0. The summed E-state index contributed by atoms with van der Waals surface area (Å²) < 4.78 is 0. The maximum atomic E-state index is 11.6. The minimum absolute atomic E-state index is 0.0295. The molecule has 1 rings (SSSR count). The molecule has 0 aromatic carbocycles. The number of nitrogens with two attached hydrogens (primary N) is 1. The first-order valence-electron chi connectivity index (χ1n) is 6.27. The number of aryl methyl sites for hydroxylation is 1. The van der Waals surface area contributed by atoms with Crippen molar-refractivity contribution in [2.45, 2.75) is 27.7 Å². The van der Waals surface area contributed by atoms with Gasteiger partial charge < -0.3 is 10.8 Å². The van der Waals surface area contributed by atoms with Gasteiger partial charge in [0.2, 0.25) is 0 Å². The number of rotatable bonds is 5. The topological polar surface area (TPSA) is 147 Å². The number of Topliss-reactive ketones (excluding diaryl/α,β-unsaturated/α-hetero) is 2. The second-order valence-electron chi connectivity index (χ2n) is 4.67. The maximum Gasteiger partial charge on any atom is 0.268 e. The Labute approximate surface area is 126 Å². The van der Waals surface area contributed by atoms with E-state index in [4.69, 9.17) is 11.1 Å². The third kappa shape index (κ3) is 3.22. The molecule has 0 bridgehead atoms. The fraction of sp³-hybridized carbons (Fsp3) is 0.286. The zero-order chi connectivity index (χ0) is 17.2. The minimum atomic E-state index is -0.946. The Kier molecular flexibility index (Phi) is 4.87. The molecule has 0 aliphatic carbocycles. The van der Waals surface area contributed by atoms with Crippen LogP contribution in [0.3, 0.4) is 0 Å². The highest BCUT2D eigenvalue weighted by molar-refractivity contribution is 6.26. The van der Waals surface area contributed by atoms with Gasteiger partial charge in [-0.2, -0.15) is 0 Å². The van der Waals surface area contributed by atoms with E-state index in [9.17, 15) is 19.5 Å². The van der Waals surface area contributed by atoms with Crippen LogP contribution < -0.4 is 5.73 Å². The van der Waals surface area contributed by atoms with Crippen molar-refractivity contribution >= 4 is 23.2 Å². The molecule has 22 heavy (non-hydrogen) atoms. The first-order valence-corrected chi connectivity index (χ1v) is 6.27. The van der Waals surface area contributed by atoms with Gasteiger partial charge in [-0.15, -0.1) is 0 Å². The van der Waals surface area contributed by atoms with Crippen molar-refractivity contribution in [3.8, 4) is 0 Å². The van der Waals surface area contributed by atoms with Gasteiger partial charge in [-0.05, 0) is 27.7 Å². The molecule has 1 amide bonds. The quantitative estimate of drug-likeness (QED) is 0.318. The van der Waals surface area contributed by atoms with Crippen LogP contribution in [0.1, 0.15) is 53.1 Å². The number of nitrogens with one attached hydrogen (secondary N) is 1. The van der Waals surface area contributed by atoms with Crippen LogP contribution in [0.2, 0.25) is 0 Å². The molecule has 0 radical (unpaired) electrons. The molecule has 0 aliphatic rings. The molecular weight excluding hydrogens is 288 g/mol. The summed E-state index contributed by atoms with van der Waals surface area (Å²) in [5.41, 5.74) is 4.29. The van der Waals surface area contributed by atoms with Gasteiger partial charge in [0.15, 0.2) is 17.4 Å². The largest absolute Gasteiger partial charge is 0.512 e. The van der Waals surface area contributed by atoms with E-state index in [1.807, 2.05) is 0 Å². The molecule has 0 aliphatic heterocycles. The highest BCUT2D eigenvalue weighted by Gasteiger charge is 2.24. The van der Waals surface area contributed by atoms with E-state index in [0.29, 0.717) is 0 Å². The standard InChI is InChI=1S/C14H16N4O4/c1-5-9(6(2)19)12(13(16)22)18-14(17-5)11(15)10(7(3)20)8(4)21/h15,20H,1-4H3,(H2,16,22)/b10-7-,15-11?. The second kappa shape index (κ2) is 6.25. The van der Waals surface area contributed by atoms with Crippen LogP contribution in [0, 0.1) is 12.3 Å². The Bertz CT molecular complexity index is 731. The van der Waals surface area contributed by atoms with Crippen LogP contribution in [-0.4, -0.2) is 38.3 Å². The summed E-state index contributed by atoms with van der Waals surface area (Å²) >= 11 is 0. The van der Waals surface area contributed by atoms with Gasteiger partial charge in [0.1, 0.15) is 17.2 Å².